The summed E-state index contributed by atoms with van der Waals surface area (Å²) in [7, 11) is 2.74. The molecule has 2 aliphatic heterocycles. The Morgan fingerprint density at radius 3 is 2.50 bits per heavy atom. The normalized spacial score (nSPS) is 17.0. The number of carbonyl (C=O) groups excluding carboxylic acids is 3. The number of methoxy groups -OCH3 is 1. The zero-order valence-corrected chi connectivity index (χ0v) is 23.9. The first-order chi connectivity index (χ1) is 20.2. The van der Waals surface area contributed by atoms with Crippen LogP contribution in [0.5, 0.6) is 5.75 Å². The van der Waals surface area contributed by atoms with Gasteiger partial charge in [0.05, 0.1) is 29.6 Å². The molecule has 222 valence electrons. The molecule has 3 N–H and O–H groups in total. The number of nitrogens with one attached hydrogen (secondary N) is 3. The molecule has 2 saturated heterocycles. The average Bonchev–Trinajstić information content (AvgIpc) is 3.34. The Bertz CT molecular complexity index is 1520. The molecule has 10 nitrogen and oxygen atoms in total. The third-order valence-corrected chi connectivity index (χ3v) is 8.11. The van der Waals surface area contributed by atoms with E-state index in [1.807, 2.05) is 0 Å². The van der Waals surface area contributed by atoms with E-state index in [2.05, 4.69) is 20.9 Å². The van der Waals surface area contributed by atoms with Crippen molar-refractivity contribution in [1.29, 1.82) is 0 Å². The molecular weight excluding hydrogens is 570 g/mol. The molecule has 2 aliphatic rings. The number of piperidine rings is 1. The molecular formula is C29H31ClF2N6O4. The molecule has 2 fully saturated rings. The molecule has 3 aromatic rings. The zero-order valence-electron chi connectivity index (χ0n) is 23.2. The lowest BCUT2D eigenvalue weighted by molar-refractivity contribution is -0.126. The van der Waals surface area contributed by atoms with Crippen LogP contribution in [-0.4, -0.2) is 71.5 Å². The molecule has 0 bridgehead atoms. The monoisotopic (exact) mass is 600 g/mol. The quantitative estimate of drug-likeness (QED) is 0.364. The molecule has 1 unspecified atom stereocenters. The summed E-state index contributed by atoms with van der Waals surface area (Å²) in [5.41, 5.74) is 0.715. The average molecular weight is 601 g/mol. The van der Waals surface area contributed by atoms with Gasteiger partial charge in [-0.15, -0.1) is 0 Å². The molecule has 1 aromatic heterocycles. The summed E-state index contributed by atoms with van der Waals surface area (Å²) >= 11 is 6.44. The predicted octanol–water partition coefficient (Wildman–Crippen LogP) is 3.61. The minimum atomic E-state index is -1.14. The molecule has 3 amide bonds. The summed E-state index contributed by atoms with van der Waals surface area (Å²) in [5.74, 6) is -3.51. The van der Waals surface area contributed by atoms with Gasteiger partial charge in [-0.1, -0.05) is 11.6 Å². The fourth-order valence-corrected chi connectivity index (χ4v) is 5.38. The number of aromatic nitrogens is 2. The van der Waals surface area contributed by atoms with Crippen molar-refractivity contribution in [3.63, 3.8) is 0 Å². The van der Waals surface area contributed by atoms with Crippen LogP contribution in [0.25, 0.3) is 11.3 Å². The van der Waals surface area contributed by atoms with Gasteiger partial charge < -0.3 is 30.2 Å². The van der Waals surface area contributed by atoms with Crippen LogP contribution in [0.4, 0.5) is 14.5 Å². The Labute approximate surface area is 246 Å². The number of amides is 3. The van der Waals surface area contributed by atoms with E-state index >= 15 is 0 Å². The molecule has 5 rings (SSSR count). The van der Waals surface area contributed by atoms with Gasteiger partial charge in [0, 0.05) is 49.9 Å². The third kappa shape index (κ3) is 5.95. The maximum absolute atomic E-state index is 14.6. The number of halogens is 3. The summed E-state index contributed by atoms with van der Waals surface area (Å²) in [5, 5.41) is 9.07. The van der Waals surface area contributed by atoms with Gasteiger partial charge in [-0.05, 0) is 56.1 Å². The zero-order chi connectivity index (χ0) is 30.0. The smallest absolute Gasteiger partial charge is 0.291 e. The fourth-order valence-electron chi connectivity index (χ4n) is 5.12. The number of carbonyl (C=O) groups is 3. The van der Waals surface area contributed by atoms with Gasteiger partial charge in [0.25, 0.3) is 11.8 Å². The summed E-state index contributed by atoms with van der Waals surface area (Å²) < 4.78 is 35.0. The SMILES string of the molecule is COc1ccc(-c2cnc(C(=O)Nc3ccc(C(=O)N4CCC(C(=O)NCC5CCN5)CC4)c(Cl)c3)n2C)c(F)c1F. The van der Waals surface area contributed by atoms with Gasteiger partial charge in [-0.2, -0.15) is 4.39 Å². The molecule has 2 aromatic carbocycles. The first kappa shape index (κ1) is 29.5. The minimum Gasteiger partial charge on any atom is -0.494 e. The Kier molecular flexibility index (Phi) is 8.74. The number of hydrogen-bond donors (Lipinski definition) is 3. The van der Waals surface area contributed by atoms with E-state index in [-0.39, 0.29) is 51.1 Å². The van der Waals surface area contributed by atoms with Crippen molar-refractivity contribution >= 4 is 35.0 Å². The summed E-state index contributed by atoms with van der Waals surface area (Å²) in [6.45, 7) is 2.49. The van der Waals surface area contributed by atoms with E-state index in [0.29, 0.717) is 44.2 Å². The van der Waals surface area contributed by atoms with Crippen molar-refractivity contribution < 1.29 is 27.9 Å². The van der Waals surface area contributed by atoms with Crippen molar-refractivity contribution in [2.45, 2.75) is 25.3 Å². The van der Waals surface area contributed by atoms with E-state index in [9.17, 15) is 23.2 Å². The van der Waals surface area contributed by atoms with Crippen molar-refractivity contribution in [1.82, 2.24) is 25.1 Å². The lowest BCUT2D eigenvalue weighted by Gasteiger charge is -2.33. The molecule has 1 atom stereocenters. The minimum absolute atomic E-state index is 0.0232. The van der Waals surface area contributed by atoms with Gasteiger partial charge in [-0.3, -0.25) is 14.4 Å². The van der Waals surface area contributed by atoms with Gasteiger partial charge >= 0.3 is 0 Å². The number of hydrogen-bond acceptors (Lipinski definition) is 6. The molecule has 3 heterocycles. The fraction of sp³-hybridized carbons (Fsp3) is 0.379. The van der Waals surface area contributed by atoms with E-state index in [4.69, 9.17) is 16.3 Å². The second-order valence-corrected chi connectivity index (χ2v) is 10.8. The molecule has 0 saturated carbocycles. The Balaban J connectivity index is 1.20. The van der Waals surface area contributed by atoms with Crippen molar-refractivity contribution in [3.05, 3.63) is 64.6 Å². The third-order valence-electron chi connectivity index (χ3n) is 7.79. The van der Waals surface area contributed by atoms with Crippen molar-refractivity contribution in [3.8, 4) is 17.0 Å². The summed E-state index contributed by atoms with van der Waals surface area (Å²) in [6.07, 6.45) is 3.47. The van der Waals surface area contributed by atoms with Gasteiger partial charge in [0.1, 0.15) is 0 Å². The number of nitrogens with zero attached hydrogens (tertiary/aromatic N) is 3. The molecule has 42 heavy (non-hydrogen) atoms. The second kappa shape index (κ2) is 12.5. The van der Waals surface area contributed by atoms with Crippen LogP contribution >= 0.6 is 11.6 Å². The van der Waals surface area contributed by atoms with E-state index < -0.39 is 17.5 Å². The van der Waals surface area contributed by atoms with Gasteiger partial charge in [-0.25, -0.2) is 9.37 Å². The number of benzene rings is 2. The van der Waals surface area contributed by atoms with Crippen LogP contribution in [0.1, 0.15) is 40.2 Å². The van der Waals surface area contributed by atoms with Gasteiger partial charge in [0.15, 0.2) is 17.4 Å². The molecule has 0 radical (unpaired) electrons. The van der Waals surface area contributed by atoms with Crippen LogP contribution in [0.15, 0.2) is 36.5 Å². The Hall–Kier alpha value is -4.03. The van der Waals surface area contributed by atoms with Crippen LogP contribution in [0, 0.1) is 17.6 Å². The van der Waals surface area contributed by atoms with E-state index in [0.717, 1.165) is 13.0 Å². The number of rotatable bonds is 8. The highest BCUT2D eigenvalue weighted by atomic mass is 35.5. The first-order valence-electron chi connectivity index (χ1n) is 13.6. The van der Waals surface area contributed by atoms with Crippen molar-refractivity contribution in [2.24, 2.45) is 13.0 Å². The summed E-state index contributed by atoms with van der Waals surface area (Å²) in [4.78, 5) is 44.4. The standard InChI is InChI=1S/C29H31ClF2N6O4/c1-37-22(20-5-6-23(42-2)25(32)24(20)31)15-34-26(37)28(40)36-17-3-4-19(21(30)13-17)29(41)38-11-8-16(9-12-38)27(39)35-14-18-7-10-33-18/h3-6,13,15-16,18,33H,7-12,14H2,1-2H3,(H,35,39)(H,36,40). The lowest BCUT2D eigenvalue weighted by atomic mass is 9.95. The Morgan fingerprint density at radius 2 is 1.86 bits per heavy atom. The highest BCUT2D eigenvalue weighted by Gasteiger charge is 2.29. The van der Waals surface area contributed by atoms with Crippen molar-refractivity contribution in [2.75, 3.05) is 38.6 Å². The molecule has 0 aliphatic carbocycles. The van der Waals surface area contributed by atoms with Gasteiger partial charge in [0.2, 0.25) is 11.7 Å². The lowest BCUT2D eigenvalue weighted by Crippen LogP contribution is -2.51. The first-order valence-corrected chi connectivity index (χ1v) is 14.0. The van der Waals surface area contributed by atoms with E-state index in [1.165, 1.54) is 49.2 Å². The predicted molar refractivity (Wildman–Crippen MR) is 153 cm³/mol. The van der Waals surface area contributed by atoms with Crippen LogP contribution < -0.4 is 20.7 Å². The van der Waals surface area contributed by atoms with Crippen LogP contribution in [0.2, 0.25) is 5.02 Å². The second-order valence-electron chi connectivity index (χ2n) is 10.4. The molecule has 13 heteroatoms. The molecule has 0 spiro atoms. The van der Waals surface area contributed by atoms with E-state index in [1.54, 1.807) is 11.0 Å². The largest absolute Gasteiger partial charge is 0.494 e. The number of anilines is 1. The highest BCUT2D eigenvalue weighted by Crippen LogP contribution is 2.30. The van der Waals surface area contributed by atoms with Crippen LogP contribution in [-0.2, 0) is 11.8 Å². The number of ether oxygens (including phenoxy) is 1. The Morgan fingerprint density at radius 1 is 1.12 bits per heavy atom. The van der Waals surface area contributed by atoms with Crippen LogP contribution in [0.3, 0.4) is 0 Å². The number of likely N-dealkylation sites (tertiary alicyclic amines) is 1. The highest BCUT2D eigenvalue weighted by molar-refractivity contribution is 6.34. The maximum Gasteiger partial charge on any atom is 0.291 e. The number of imidazole rings is 1. The summed E-state index contributed by atoms with van der Waals surface area (Å²) in [6, 6.07) is 7.53. The topological polar surface area (TPSA) is 118 Å². The maximum atomic E-state index is 14.6.